The summed E-state index contributed by atoms with van der Waals surface area (Å²) >= 11 is 3.43. The SMILES string of the molecule is CC1(C)[C@H]2C[C@@H](Br)C(=O)[C@H]1C2. The third kappa shape index (κ3) is 0.851. The molecule has 0 heterocycles. The summed E-state index contributed by atoms with van der Waals surface area (Å²) in [6.07, 6.45) is 2.20. The Morgan fingerprint density at radius 2 is 2.09 bits per heavy atom. The van der Waals surface area contributed by atoms with Crippen LogP contribution >= 0.6 is 15.9 Å². The van der Waals surface area contributed by atoms with Crippen LogP contribution in [0, 0.1) is 17.3 Å². The first kappa shape index (κ1) is 7.78. The zero-order chi connectivity index (χ0) is 8.22. The number of ketones is 1. The Hall–Kier alpha value is 0.150. The molecule has 3 atom stereocenters. The fraction of sp³-hybridized carbons (Fsp3) is 0.889. The third-order valence-corrected chi connectivity index (χ3v) is 4.44. The van der Waals surface area contributed by atoms with Gasteiger partial charge in [-0.05, 0) is 24.2 Å². The first-order valence-corrected chi connectivity index (χ1v) is 5.13. The van der Waals surface area contributed by atoms with Crippen molar-refractivity contribution >= 4 is 21.7 Å². The van der Waals surface area contributed by atoms with E-state index < -0.39 is 0 Å². The number of rotatable bonds is 0. The largest absolute Gasteiger partial charge is 0.298 e. The fourth-order valence-electron chi connectivity index (χ4n) is 2.48. The lowest BCUT2D eigenvalue weighted by atomic mass is 9.48. The van der Waals surface area contributed by atoms with E-state index in [0.717, 1.165) is 18.8 Å². The maximum atomic E-state index is 11.5. The number of Topliss-reactive ketones (excluding diaryl/α,β-unsaturated/α-hetero) is 1. The van der Waals surface area contributed by atoms with Crippen LogP contribution in [0.5, 0.6) is 0 Å². The lowest BCUT2D eigenvalue weighted by Gasteiger charge is -2.56. The van der Waals surface area contributed by atoms with Crippen molar-refractivity contribution in [3.8, 4) is 0 Å². The van der Waals surface area contributed by atoms with Gasteiger partial charge in [0.05, 0.1) is 4.83 Å². The normalized spacial score (nSPS) is 46.8. The molecule has 3 saturated carbocycles. The highest BCUT2D eigenvalue weighted by Gasteiger charge is 2.56. The van der Waals surface area contributed by atoms with E-state index in [1.165, 1.54) is 0 Å². The van der Waals surface area contributed by atoms with Gasteiger partial charge in [-0.2, -0.15) is 0 Å². The Morgan fingerprint density at radius 3 is 2.45 bits per heavy atom. The fourth-order valence-corrected chi connectivity index (χ4v) is 3.25. The van der Waals surface area contributed by atoms with E-state index >= 15 is 0 Å². The Labute approximate surface area is 75.7 Å². The number of carbonyl (C=O) groups excluding carboxylic acids is 1. The minimum absolute atomic E-state index is 0.166. The predicted molar refractivity (Wildman–Crippen MR) is 47.7 cm³/mol. The highest BCUT2D eigenvalue weighted by molar-refractivity contribution is 9.10. The van der Waals surface area contributed by atoms with Crippen LogP contribution < -0.4 is 0 Å². The van der Waals surface area contributed by atoms with Gasteiger partial charge in [0.15, 0.2) is 0 Å². The smallest absolute Gasteiger partial charge is 0.150 e. The standard InChI is InChI=1S/C9H13BrO/c1-9(2)5-3-6(9)8(11)7(10)4-5/h5-7H,3-4H2,1-2H3/t5-,6-,7-/m1/s1. The first-order chi connectivity index (χ1) is 5.03. The average molecular weight is 217 g/mol. The first-order valence-electron chi connectivity index (χ1n) is 4.21. The van der Waals surface area contributed by atoms with Crippen molar-refractivity contribution in [3.05, 3.63) is 0 Å². The van der Waals surface area contributed by atoms with Crippen LogP contribution in [0.1, 0.15) is 26.7 Å². The number of hydrogen-bond acceptors (Lipinski definition) is 1. The molecule has 3 fully saturated rings. The number of alkyl halides is 1. The van der Waals surface area contributed by atoms with Gasteiger partial charge in [0.2, 0.25) is 0 Å². The lowest BCUT2D eigenvalue weighted by Crippen LogP contribution is -2.56. The van der Waals surface area contributed by atoms with Crippen LogP contribution in [0.3, 0.4) is 0 Å². The van der Waals surface area contributed by atoms with Crippen LogP contribution in [-0.4, -0.2) is 10.6 Å². The summed E-state index contributed by atoms with van der Waals surface area (Å²) in [7, 11) is 0. The third-order valence-electron chi connectivity index (χ3n) is 3.61. The molecule has 0 N–H and O–H groups in total. The van der Waals surface area contributed by atoms with Crippen molar-refractivity contribution < 1.29 is 4.79 Å². The minimum Gasteiger partial charge on any atom is -0.298 e. The molecular formula is C9H13BrO. The van der Waals surface area contributed by atoms with Crippen molar-refractivity contribution in [3.63, 3.8) is 0 Å². The second-order valence-electron chi connectivity index (χ2n) is 4.41. The van der Waals surface area contributed by atoms with Crippen LogP contribution in [0.25, 0.3) is 0 Å². The monoisotopic (exact) mass is 216 g/mol. The topological polar surface area (TPSA) is 17.1 Å². The van der Waals surface area contributed by atoms with Crippen molar-refractivity contribution in [1.29, 1.82) is 0 Å². The van der Waals surface area contributed by atoms with E-state index in [-0.39, 0.29) is 4.83 Å². The van der Waals surface area contributed by atoms with Gasteiger partial charge < -0.3 is 0 Å². The van der Waals surface area contributed by atoms with Gasteiger partial charge in [-0.1, -0.05) is 29.8 Å². The summed E-state index contributed by atoms with van der Waals surface area (Å²) in [5, 5.41) is 0. The quantitative estimate of drug-likeness (QED) is 0.569. The molecule has 0 aliphatic heterocycles. The molecule has 0 aromatic rings. The molecule has 0 amide bonds. The summed E-state index contributed by atoms with van der Waals surface area (Å²) < 4.78 is 0. The second kappa shape index (κ2) is 2.09. The van der Waals surface area contributed by atoms with E-state index in [1.807, 2.05) is 0 Å². The predicted octanol–water partition coefficient (Wildman–Crippen LogP) is 2.39. The summed E-state index contributed by atoms with van der Waals surface area (Å²) in [4.78, 5) is 11.7. The Bertz CT molecular complexity index is 210. The molecule has 0 aromatic carbocycles. The van der Waals surface area contributed by atoms with Gasteiger partial charge in [-0.3, -0.25) is 4.79 Å². The van der Waals surface area contributed by atoms with Gasteiger partial charge in [-0.15, -0.1) is 0 Å². The van der Waals surface area contributed by atoms with Gasteiger partial charge in [0, 0.05) is 5.92 Å². The summed E-state index contributed by atoms with van der Waals surface area (Å²) in [6, 6.07) is 0. The minimum atomic E-state index is 0.166. The molecular weight excluding hydrogens is 204 g/mol. The number of halogens is 1. The molecule has 11 heavy (non-hydrogen) atoms. The van der Waals surface area contributed by atoms with Crippen LogP contribution in [0.15, 0.2) is 0 Å². The zero-order valence-corrected chi connectivity index (χ0v) is 8.52. The van der Waals surface area contributed by atoms with E-state index in [1.54, 1.807) is 0 Å². The molecule has 0 unspecified atom stereocenters. The van der Waals surface area contributed by atoms with Gasteiger partial charge in [0.25, 0.3) is 0 Å². The van der Waals surface area contributed by atoms with E-state index in [0.29, 0.717) is 17.1 Å². The van der Waals surface area contributed by atoms with Crippen molar-refractivity contribution in [1.82, 2.24) is 0 Å². The average Bonchev–Trinajstić information content (AvgIpc) is 1.93. The molecule has 2 bridgehead atoms. The number of hydrogen-bond donors (Lipinski definition) is 0. The molecule has 3 aliphatic rings. The molecule has 0 spiro atoms. The molecule has 1 nitrogen and oxygen atoms in total. The molecule has 3 aliphatic carbocycles. The summed E-state index contributed by atoms with van der Waals surface area (Å²) in [5.41, 5.74) is 0.307. The van der Waals surface area contributed by atoms with Crippen molar-refractivity contribution in [2.75, 3.05) is 0 Å². The van der Waals surface area contributed by atoms with Gasteiger partial charge in [-0.25, -0.2) is 0 Å². The molecule has 0 saturated heterocycles. The zero-order valence-electron chi connectivity index (χ0n) is 6.93. The van der Waals surface area contributed by atoms with Crippen LogP contribution in [0.2, 0.25) is 0 Å². The Kier molecular flexibility index (Phi) is 1.48. The molecule has 2 heteroatoms. The van der Waals surface area contributed by atoms with Crippen LogP contribution in [-0.2, 0) is 4.79 Å². The summed E-state index contributed by atoms with van der Waals surface area (Å²) in [5.74, 6) is 1.58. The van der Waals surface area contributed by atoms with Crippen molar-refractivity contribution in [2.45, 2.75) is 31.5 Å². The molecule has 62 valence electrons. The van der Waals surface area contributed by atoms with E-state index in [2.05, 4.69) is 29.8 Å². The highest BCUT2D eigenvalue weighted by Crippen LogP contribution is 2.58. The second-order valence-corrected chi connectivity index (χ2v) is 5.52. The Balaban J connectivity index is 2.23. The van der Waals surface area contributed by atoms with Crippen molar-refractivity contribution in [2.24, 2.45) is 17.3 Å². The molecule has 0 radical (unpaired) electrons. The summed E-state index contributed by atoms with van der Waals surface area (Å²) in [6.45, 7) is 4.45. The molecule has 0 aromatic heterocycles. The van der Waals surface area contributed by atoms with E-state index in [4.69, 9.17) is 0 Å². The maximum absolute atomic E-state index is 11.5. The van der Waals surface area contributed by atoms with Gasteiger partial charge >= 0.3 is 0 Å². The molecule has 3 rings (SSSR count). The highest BCUT2D eigenvalue weighted by atomic mass is 79.9. The number of fused-ring (bicyclic) bond motifs is 2. The number of carbonyl (C=O) groups is 1. The van der Waals surface area contributed by atoms with Gasteiger partial charge in [0.1, 0.15) is 5.78 Å². The maximum Gasteiger partial charge on any atom is 0.150 e. The Morgan fingerprint density at radius 1 is 1.45 bits per heavy atom. The lowest BCUT2D eigenvalue weighted by molar-refractivity contribution is -0.146. The van der Waals surface area contributed by atoms with Crippen LogP contribution in [0.4, 0.5) is 0 Å². The van der Waals surface area contributed by atoms with E-state index in [9.17, 15) is 4.79 Å².